The number of fused-ring (bicyclic) bond motifs is 1. The zero-order chi connectivity index (χ0) is 19.0. The van der Waals surface area contributed by atoms with Crippen LogP contribution in [0.1, 0.15) is 33.7 Å². The topological polar surface area (TPSA) is 74.4 Å². The number of halogens is 2. The van der Waals surface area contributed by atoms with E-state index >= 15 is 0 Å². The van der Waals surface area contributed by atoms with Gasteiger partial charge in [-0.25, -0.2) is 13.8 Å². The van der Waals surface area contributed by atoms with Crippen molar-refractivity contribution < 1.29 is 13.6 Å². The van der Waals surface area contributed by atoms with Crippen LogP contribution in [0.15, 0.2) is 48.7 Å². The quantitative estimate of drug-likeness (QED) is 0.506. The molecule has 3 aromatic heterocycles. The van der Waals surface area contributed by atoms with Gasteiger partial charge in [0.2, 0.25) is 0 Å². The summed E-state index contributed by atoms with van der Waals surface area (Å²) in [7, 11) is 0. The van der Waals surface area contributed by atoms with Gasteiger partial charge in [-0.2, -0.15) is 5.10 Å². The first-order valence-electron chi connectivity index (χ1n) is 8.41. The van der Waals surface area contributed by atoms with E-state index in [0.717, 1.165) is 28.4 Å². The van der Waals surface area contributed by atoms with E-state index in [1.807, 2.05) is 43.3 Å². The third-order valence-corrected chi connectivity index (χ3v) is 4.37. The Morgan fingerprint density at radius 1 is 1.15 bits per heavy atom. The fourth-order valence-electron chi connectivity index (χ4n) is 2.91. The lowest BCUT2D eigenvalue weighted by atomic mass is 10.1. The second-order valence-electron chi connectivity index (χ2n) is 6.44. The Kier molecular flexibility index (Phi) is 4.27. The maximum absolute atomic E-state index is 12.6. The molecule has 2 N–H and O–H groups in total. The van der Waals surface area contributed by atoms with Crippen molar-refractivity contribution in [2.75, 3.05) is 0 Å². The smallest absolute Gasteiger partial charge is 0.279 e. The molecule has 4 aromatic rings. The monoisotopic (exact) mass is 366 g/mol. The molecule has 1 aromatic carbocycles. The van der Waals surface area contributed by atoms with Gasteiger partial charge in [-0.1, -0.05) is 29.8 Å². The Morgan fingerprint density at radius 3 is 2.63 bits per heavy atom. The van der Waals surface area contributed by atoms with Gasteiger partial charge >= 0.3 is 0 Å². The Labute approximate surface area is 153 Å². The number of Topliss-reactive ketones (excluding diaryl/α,β-unsaturated/α-hetero) is 1. The number of aromatic nitrogens is 4. The standard InChI is InChI=1S/C20H16F2N4O/c1-11-2-4-13(5-3-11)15-8-14-6-12(10-23-20(14)24-15)7-18(27)16-9-17(19(21)22)26-25-16/h2-6,8-10,19H,7H2,1H3,(H,23,24)(H,25,26). The van der Waals surface area contributed by atoms with Gasteiger partial charge < -0.3 is 4.98 Å². The fourth-order valence-corrected chi connectivity index (χ4v) is 2.91. The van der Waals surface area contributed by atoms with Crippen molar-refractivity contribution in [1.82, 2.24) is 20.2 Å². The van der Waals surface area contributed by atoms with Gasteiger partial charge in [0.25, 0.3) is 6.43 Å². The number of hydrogen-bond acceptors (Lipinski definition) is 3. The predicted octanol–water partition coefficient (Wildman–Crippen LogP) is 4.62. The summed E-state index contributed by atoms with van der Waals surface area (Å²) < 4.78 is 25.2. The van der Waals surface area contributed by atoms with Crippen LogP contribution in [0.25, 0.3) is 22.3 Å². The number of H-pyrrole nitrogens is 2. The lowest BCUT2D eigenvalue weighted by Crippen LogP contribution is -2.04. The number of aryl methyl sites for hydroxylation is 1. The van der Waals surface area contributed by atoms with E-state index in [4.69, 9.17) is 0 Å². The van der Waals surface area contributed by atoms with E-state index in [-0.39, 0.29) is 23.6 Å². The van der Waals surface area contributed by atoms with Crippen LogP contribution in [0.4, 0.5) is 8.78 Å². The number of benzene rings is 1. The Balaban J connectivity index is 1.57. The number of carbonyl (C=O) groups is 1. The van der Waals surface area contributed by atoms with Crippen molar-refractivity contribution in [3.8, 4) is 11.3 Å². The number of nitrogens with zero attached hydrogens (tertiary/aromatic N) is 2. The zero-order valence-corrected chi connectivity index (χ0v) is 14.5. The summed E-state index contributed by atoms with van der Waals surface area (Å²) in [5, 5.41) is 6.73. The van der Waals surface area contributed by atoms with Gasteiger partial charge in [-0.05, 0) is 36.2 Å². The largest absolute Gasteiger partial charge is 0.339 e. The second kappa shape index (κ2) is 6.75. The second-order valence-corrected chi connectivity index (χ2v) is 6.44. The van der Waals surface area contributed by atoms with E-state index < -0.39 is 6.43 Å². The van der Waals surface area contributed by atoms with Crippen molar-refractivity contribution >= 4 is 16.8 Å². The molecule has 3 heterocycles. The predicted molar refractivity (Wildman–Crippen MR) is 97.8 cm³/mol. The van der Waals surface area contributed by atoms with Gasteiger partial charge in [-0.3, -0.25) is 9.89 Å². The van der Waals surface area contributed by atoms with Crippen LogP contribution >= 0.6 is 0 Å². The number of nitrogens with one attached hydrogen (secondary N) is 2. The van der Waals surface area contributed by atoms with Crippen LogP contribution in [-0.4, -0.2) is 25.9 Å². The molecule has 0 bridgehead atoms. The average molecular weight is 366 g/mol. The molecule has 0 aliphatic heterocycles. The minimum Gasteiger partial charge on any atom is -0.339 e. The number of aromatic amines is 2. The lowest BCUT2D eigenvalue weighted by molar-refractivity contribution is 0.0988. The third kappa shape index (κ3) is 3.48. The van der Waals surface area contributed by atoms with Crippen LogP contribution in [0, 0.1) is 6.92 Å². The Bertz CT molecular complexity index is 1110. The fraction of sp³-hybridized carbons (Fsp3) is 0.150. The molecule has 7 heteroatoms. The molecule has 0 atom stereocenters. The molecule has 27 heavy (non-hydrogen) atoms. The maximum Gasteiger partial charge on any atom is 0.279 e. The molecule has 0 radical (unpaired) electrons. The van der Waals surface area contributed by atoms with Crippen molar-refractivity contribution in [2.24, 2.45) is 0 Å². The molecular formula is C20H16F2N4O. The molecule has 5 nitrogen and oxygen atoms in total. The van der Waals surface area contributed by atoms with E-state index in [9.17, 15) is 13.6 Å². The maximum atomic E-state index is 12.6. The number of rotatable bonds is 5. The summed E-state index contributed by atoms with van der Waals surface area (Å²) >= 11 is 0. The minimum absolute atomic E-state index is 0.000176. The first-order valence-corrected chi connectivity index (χ1v) is 8.41. The van der Waals surface area contributed by atoms with Gasteiger partial charge in [-0.15, -0.1) is 0 Å². The van der Waals surface area contributed by atoms with Crippen molar-refractivity contribution in [1.29, 1.82) is 0 Å². The average Bonchev–Trinajstić information content (AvgIpc) is 3.29. The van der Waals surface area contributed by atoms with Crippen LogP contribution in [0.2, 0.25) is 0 Å². The molecule has 4 rings (SSSR count). The van der Waals surface area contributed by atoms with Gasteiger partial charge in [0.1, 0.15) is 17.0 Å². The first-order chi connectivity index (χ1) is 13.0. The SMILES string of the molecule is Cc1ccc(-c2cc3cc(CC(=O)c4cc(C(F)F)[nH]n4)cnc3[nH]2)cc1. The Hall–Kier alpha value is -3.35. The van der Waals surface area contributed by atoms with Crippen LogP contribution in [-0.2, 0) is 6.42 Å². The van der Waals surface area contributed by atoms with Crippen molar-refractivity contribution in [3.63, 3.8) is 0 Å². The number of alkyl halides is 2. The highest BCUT2D eigenvalue weighted by molar-refractivity contribution is 5.96. The minimum atomic E-state index is -2.68. The first kappa shape index (κ1) is 17.1. The summed E-state index contributed by atoms with van der Waals surface area (Å²) in [6, 6.07) is 13.1. The van der Waals surface area contributed by atoms with E-state index in [1.54, 1.807) is 6.20 Å². The molecular weight excluding hydrogens is 350 g/mol. The number of carbonyl (C=O) groups excluding carboxylic acids is 1. The summed E-state index contributed by atoms with van der Waals surface area (Å²) in [6.45, 7) is 2.03. The van der Waals surface area contributed by atoms with Crippen molar-refractivity contribution in [2.45, 2.75) is 19.8 Å². The number of ketones is 1. The molecule has 0 spiro atoms. The van der Waals surface area contributed by atoms with Gasteiger partial charge in [0.15, 0.2) is 5.78 Å². The van der Waals surface area contributed by atoms with Crippen LogP contribution < -0.4 is 0 Å². The van der Waals surface area contributed by atoms with E-state index in [1.165, 1.54) is 5.56 Å². The normalized spacial score (nSPS) is 11.4. The molecule has 0 saturated heterocycles. The molecule has 0 aliphatic rings. The number of hydrogen-bond donors (Lipinski definition) is 2. The Morgan fingerprint density at radius 2 is 1.93 bits per heavy atom. The lowest BCUT2D eigenvalue weighted by Gasteiger charge is -1.98. The summed E-state index contributed by atoms with van der Waals surface area (Å²) in [6.07, 6.45) is -1.03. The van der Waals surface area contributed by atoms with Crippen LogP contribution in [0.3, 0.4) is 0 Å². The summed E-state index contributed by atoms with van der Waals surface area (Å²) in [4.78, 5) is 19.9. The molecule has 0 aliphatic carbocycles. The molecule has 0 saturated carbocycles. The van der Waals surface area contributed by atoms with Gasteiger partial charge in [0, 0.05) is 23.7 Å². The van der Waals surface area contributed by atoms with Crippen molar-refractivity contribution in [3.05, 3.63) is 71.2 Å². The summed E-state index contributed by atoms with van der Waals surface area (Å²) in [5.74, 6) is -0.339. The zero-order valence-electron chi connectivity index (χ0n) is 14.5. The molecule has 0 amide bonds. The molecule has 0 unspecified atom stereocenters. The highest BCUT2D eigenvalue weighted by Gasteiger charge is 2.16. The molecule has 0 fully saturated rings. The highest BCUT2D eigenvalue weighted by Crippen LogP contribution is 2.24. The summed E-state index contributed by atoms with van der Waals surface area (Å²) in [5.41, 5.74) is 4.23. The van der Waals surface area contributed by atoms with Gasteiger partial charge in [0.05, 0.1) is 0 Å². The van der Waals surface area contributed by atoms with Crippen LogP contribution in [0.5, 0.6) is 0 Å². The third-order valence-electron chi connectivity index (χ3n) is 4.37. The number of pyridine rings is 1. The molecule has 136 valence electrons. The highest BCUT2D eigenvalue weighted by atomic mass is 19.3. The van der Waals surface area contributed by atoms with E-state index in [0.29, 0.717) is 5.56 Å². The van der Waals surface area contributed by atoms with E-state index in [2.05, 4.69) is 20.2 Å².